The number of rotatable bonds is 3. The van der Waals surface area contributed by atoms with Gasteiger partial charge in [0.25, 0.3) is 0 Å². The van der Waals surface area contributed by atoms with Crippen LogP contribution in [-0.4, -0.2) is 36.5 Å². The second-order valence-electron chi connectivity index (χ2n) is 5.06. The van der Waals surface area contributed by atoms with Crippen molar-refractivity contribution < 1.29 is 9.84 Å². The van der Waals surface area contributed by atoms with Crippen molar-refractivity contribution in [3.05, 3.63) is 0 Å². The lowest BCUT2D eigenvalue weighted by molar-refractivity contribution is -0.0939. The van der Waals surface area contributed by atoms with Gasteiger partial charge in [-0.15, -0.1) is 0 Å². The van der Waals surface area contributed by atoms with Crippen molar-refractivity contribution in [1.29, 1.82) is 0 Å². The summed E-state index contributed by atoms with van der Waals surface area (Å²) in [5.41, 5.74) is -0.518. The molecule has 0 bridgehead atoms. The Hall–Kier alpha value is -0.120. The fourth-order valence-corrected chi connectivity index (χ4v) is 2.59. The average molecular weight is 213 g/mol. The van der Waals surface area contributed by atoms with E-state index < -0.39 is 5.60 Å². The quantitative estimate of drug-likeness (QED) is 0.745. The van der Waals surface area contributed by atoms with Crippen molar-refractivity contribution in [2.45, 2.75) is 56.7 Å². The number of piperidine rings is 1. The highest BCUT2D eigenvalue weighted by Crippen LogP contribution is 2.28. The second kappa shape index (κ2) is 5.28. The summed E-state index contributed by atoms with van der Waals surface area (Å²) >= 11 is 0. The zero-order valence-electron chi connectivity index (χ0n) is 9.50. The third kappa shape index (κ3) is 3.44. The van der Waals surface area contributed by atoms with Gasteiger partial charge < -0.3 is 15.2 Å². The molecule has 1 heterocycles. The number of ether oxygens (including phenoxy) is 1. The fourth-order valence-electron chi connectivity index (χ4n) is 2.59. The van der Waals surface area contributed by atoms with Crippen LogP contribution in [0.15, 0.2) is 0 Å². The minimum Gasteiger partial charge on any atom is -0.387 e. The van der Waals surface area contributed by atoms with E-state index in [0.29, 0.717) is 12.7 Å². The lowest BCUT2D eigenvalue weighted by Crippen LogP contribution is -2.42. The molecule has 15 heavy (non-hydrogen) atoms. The van der Waals surface area contributed by atoms with E-state index in [1.165, 1.54) is 12.8 Å². The van der Waals surface area contributed by atoms with Crippen molar-refractivity contribution in [3.63, 3.8) is 0 Å². The molecule has 0 amide bonds. The van der Waals surface area contributed by atoms with Crippen LogP contribution >= 0.6 is 0 Å². The van der Waals surface area contributed by atoms with Gasteiger partial charge in [0.1, 0.15) is 0 Å². The summed E-state index contributed by atoms with van der Waals surface area (Å²) in [6, 6.07) is 0. The fraction of sp³-hybridized carbons (Fsp3) is 1.00. The molecule has 2 rings (SSSR count). The Labute approximate surface area is 92.2 Å². The van der Waals surface area contributed by atoms with Gasteiger partial charge in [-0.1, -0.05) is 19.3 Å². The van der Waals surface area contributed by atoms with Gasteiger partial charge in [-0.3, -0.25) is 0 Å². The van der Waals surface area contributed by atoms with Crippen molar-refractivity contribution in [2.24, 2.45) is 0 Å². The molecule has 1 atom stereocenters. The first-order chi connectivity index (χ1) is 7.29. The Morgan fingerprint density at radius 3 is 2.67 bits per heavy atom. The standard InChI is InChI=1S/C12H23NO2/c14-12(6-2-1-3-7-12)10-15-11-5-4-8-13-9-11/h11,13-14H,1-10H2. The van der Waals surface area contributed by atoms with Crippen LogP contribution in [0.5, 0.6) is 0 Å². The van der Waals surface area contributed by atoms with Crippen molar-refractivity contribution in [3.8, 4) is 0 Å². The smallest absolute Gasteiger partial charge is 0.0880 e. The molecule has 2 N–H and O–H groups in total. The topological polar surface area (TPSA) is 41.5 Å². The van der Waals surface area contributed by atoms with E-state index in [9.17, 15) is 5.11 Å². The Balaban J connectivity index is 1.70. The molecule has 1 unspecified atom stereocenters. The summed E-state index contributed by atoms with van der Waals surface area (Å²) in [4.78, 5) is 0. The molecule has 3 heteroatoms. The van der Waals surface area contributed by atoms with Crippen LogP contribution in [0.2, 0.25) is 0 Å². The molecule has 88 valence electrons. The molecule has 3 nitrogen and oxygen atoms in total. The van der Waals surface area contributed by atoms with Gasteiger partial charge in [-0.2, -0.15) is 0 Å². The predicted octanol–water partition coefficient (Wildman–Crippen LogP) is 1.45. The van der Waals surface area contributed by atoms with Gasteiger partial charge in [0.05, 0.1) is 18.3 Å². The highest BCUT2D eigenvalue weighted by Gasteiger charge is 2.30. The molecule has 0 spiro atoms. The van der Waals surface area contributed by atoms with Gasteiger partial charge in [0.2, 0.25) is 0 Å². The maximum absolute atomic E-state index is 10.3. The van der Waals surface area contributed by atoms with Crippen molar-refractivity contribution in [1.82, 2.24) is 5.32 Å². The largest absolute Gasteiger partial charge is 0.387 e. The third-order valence-electron chi connectivity index (χ3n) is 3.62. The van der Waals surface area contributed by atoms with Crippen LogP contribution in [-0.2, 0) is 4.74 Å². The van der Waals surface area contributed by atoms with Crippen LogP contribution in [0.25, 0.3) is 0 Å². The van der Waals surface area contributed by atoms with E-state index >= 15 is 0 Å². The third-order valence-corrected chi connectivity index (χ3v) is 3.62. The molecular weight excluding hydrogens is 190 g/mol. The number of hydrogen-bond donors (Lipinski definition) is 2. The average Bonchev–Trinajstić information content (AvgIpc) is 2.29. The molecule has 1 saturated carbocycles. The molecule has 0 radical (unpaired) electrons. The van der Waals surface area contributed by atoms with E-state index in [-0.39, 0.29) is 0 Å². The Morgan fingerprint density at radius 1 is 1.20 bits per heavy atom. The van der Waals surface area contributed by atoms with E-state index in [4.69, 9.17) is 4.74 Å². The molecule has 1 saturated heterocycles. The molecule has 2 aliphatic rings. The van der Waals surface area contributed by atoms with Gasteiger partial charge in [0.15, 0.2) is 0 Å². The first-order valence-corrected chi connectivity index (χ1v) is 6.33. The lowest BCUT2D eigenvalue weighted by Gasteiger charge is -2.34. The second-order valence-corrected chi connectivity index (χ2v) is 5.06. The predicted molar refractivity (Wildman–Crippen MR) is 59.9 cm³/mol. The first-order valence-electron chi connectivity index (χ1n) is 6.33. The molecule has 2 fully saturated rings. The van der Waals surface area contributed by atoms with Crippen LogP contribution in [0.3, 0.4) is 0 Å². The van der Waals surface area contributed by atoms with Gasteiger partial charge in [-0.05, 0) is 32.2 Å². The highest BCUT2D eigenvalue weighted by atomic mass is 16.5. The summed E-state index contributed by atoms with van der Waals surface area (Å²) in [6.45, 7) is 2.61. The minimum atomic E-state index is -0.518. The number of hydrogen-bond acceptors (Lipinski definition) is 3. The summed E-state index contributed by atoms with van der Waals surface area (Å²) in [7, 11) is 0. The maximum atomic E-state index is 10.3. The zero-order valence-corrected chi connectivity index (χ0v) is 9.50. The maximum Gasteiger partial charge on any atom is 0.0880 e. The Kier molecular flexibility index (Phi) is 4.00. The lowest BCUT2D eigenvalue weighted by atomic mass is 9.85. The van der Waals surface area contributed by atoms with Gasteiger partial charge >= 0.3 is 0 Å². The van der Waals surface area contributed by atoms with Crippen molar-refractivity contribution in [2.75, 3.05) is 19.7 Å². The van der Waals surface area contributed by atoms with Crippen LogP contribution in [0.4, 0.5) is 0 Å². The molecular formula is C12H23NO2. The Morgan fingerprint density at radius 2 is 2.00 bits per heavy atom. The minimum absolute atomic E-state index is 0.324. The molecule has 0 aromatic rings. The van der Waals surface area contributed by atoms with E-state index in [2.05, 4.69) is 5.32 Å². The summed E-state index contributed by atoms with van der Waals surface area (Å²) in [5, 5.41) is 13.6. The summed E-state index contributed by atoms with van der Waals surface area (Å²) < 4.78 is 5.81. The van der Waals surface area contributed by atoms with Gasteiger partial charge in [-0.25, -0.2) is 0 Å². The number of aliphatic hydroxyl groups is 1. The summed E-state index contributed by atoms with van der Waals surface area (Å²) in [6.07, 6.45) is 8.09. The van der Waals surface area contributed by atoms with E-state index in [1.54, 1.807) is 0 Å². The number of nitrogens with one attached hydrogen (secondary N) is 1. The molecule has 1 aliphatic carbocycles. The van der Waals surface area contributed by atoms with Crippen LogP contribution in [0, 0.1) is 0 Å². The van der Waals surface area contributed by atoms with Crippen LogP contribution in [0.1, 0.15) is 44.9 Å². The van der Waals surface area contributed by atoms with Crippen molar-refractivity contribution >= 4 is 0 Å². The first kappa shape index (κ1) is 11.4. The Bertz CT molecular complexity index is 184. The zero-order chi connectivity index (χ0) is 10.6. The molecule has 1 aliphatic heterocycles. The SMILES string of the molecule is OC1(COC2CCCNC2)CCCCC1. The molecule has 0 aromatic carbocycles. The summed E-state index contributed by atoms with van der Waals surface area (Å²) in [5.74, 6) is 0. The van der Waals surface area contributed by atoms with Gasteiger partial charge in [0, 0.05) is 6.54 Å². The highest BCUT2D eigenvalue weighted by molar-refractivity contribution is 4.83. The molecule has 0 aromatic heterocycles. The van der Waals surface area contributed by atoms with E-state index in [0.717, 1.165) is 45.2 Å². The monoisotopic (exact) mass is 213 g/mol. The normalized spacial score (nSPS) is 31.4. The van der Waals surface area contributed by atoms with E-state index in [1.807, 2.05) is 0 Å². The van der Waals surface area contributed by atoms with Crippen LogP contribution < -0.4 is 5.32 Å².